The van der Waals surface area contributed by atoms with E-state index in [2.05, 4.69) is 41.4 Å². The first-order valence-corrected chi connectivity index (χ1v) is 34.5. The summed E-state index contributed by atoms with van der Waals surface area (Å²) in [5, 5.41) is 30.4. The van der Waals surface area contributed by atoms with Crippen LogP contribution >= 0.6 is 0 Å². The number of aromatic nitrogens is 4. The number of hydrogen-bond donors (Lipinski definition) is 9. The zero-order valence-corrected chi connectivity index (χ0v) is 59.5. The molecule has 1 saturated heterocycles. The van der Waals surface area contributed by atoms with Gasteiger partial charge in [-0.15, -0.1) is 0 Å². The quantitative estimate of drug-likeness (QED) is 0.00991. The average Bonchev–Trinajstić information content (AvgIpc) is 1.64. The van der Waals surface area contributed by atoms with Gasteiger partial charge in [0.1, 0.15) is 29.2 Å². The van der Waals surface area contributed by atoms with Gasteiger partial charge in [0, 0.05) is 107 Å². The lowest BCUT2D eigenvalue weighted by Crippen LogP contribution is -2.47. The van der Waals surface area contributed by atoms with Crippen LogP contribution in [0, 0.1) is 10.8 Å². The topological polar surface area (TPSA) is 426 Å². The summed E-state index contributed by atoms with van der Waals surface area (Å²) in [6.45, 7) is 21.7. The van der Waals surface area contributed by atoms with Crippen molar-refractivity contribution in [3.8, 4) is 5.75 Å². The molecule has 6 rings (SSSR count). The van der Waals surface area contributed by atoms with E-state index in [1.54, 1.807) is 47.2 Å². The molecule has 0 atom stereocenters. The third-order valence-electron chi connectivity index (χ3n) is 15.3. The highest BCUT2D eigenvalue weighted by Gasteiger charge is 2.26. The number of carbonyl (C=O) groups excluding carboxylic acids is 7. The molecule has 566 valence electrons. The van der Waals surface area contributed by atoms with Gasteiger partial charge in [0.15, 0.2) is 0 Å². The van der Waals surface area contributed by atoms with Crippen LogP contribution in [-0.4, -0.2) is 291 Å². The second-order valence-corrected chi connectivity index (χ2v) is 23.2. The zero-order chi connectivity index (χ0) is 74.0. The maximum Gasteiger partial charge on any atom is 0.274 e. The number of anilines is 2. The minimum Gasteiger partial charge on any atom is -0.491 e. The van der Waals surface area contributed by atoms with Gasteiger partial charge >= 0.3 is 0 Å². The largest absolute Gasteiger partial charge is 0.491 e. The molecule has 0 bridgehead atoms. The lowest BCUT2D eigenvalue weighted by molar-refractivity contribution is -0.141. The van der Waals surface area contributed by atoms with E-state index in [4.69, 9.17) is 79.4 Å². The van der Waals surface area contributed by atoms with Gasteiger partial charge in [0.2, 0.25) is 29.6 Å². The molecular formula is C69H102N16O18. The van der Waals surface area contributed by atoms with E-state index in [0.717, 1.165) is 56.3 Å². The highest BCUT2D eigenvalue weighted by molar-refractivity contribution is 6.14. The Balaban J connectivity index is 0.804. The molecule has 1 fully saturated rings. The molecule has 0 unspecified atom stereocenters. The van der Waals surface area contributed by atoms with E-state index in [1.807, 2.05) is 26.0 Å². The zero-order valence-electron chi connectivity index (χ0n) is 59.5. The van der Waals surface area contributed by atoms with Crippen LogP contribution in [0.3, 0.4) is 0 Å². The van der Waals surface area contributed by atoms with Gasteiger partial charge in [0.25, 0.3) is 23.6 Å². The van der Waals surface area contributed by atoms with Crippen LogP contribution in [0.25, 0.3) is 22.1 Å². The van der Waals surface area contributed by atoms with Crippen LogP contribution in [0.5, 0.6) is 5.75 Å². The first-order chi connectivity index (χ1) is 50.0. The summed E-state index contributed by atoms with van der Waals surface area (Å²) in [4.78, 5) is 102. The maximum absolute atomic E-state index is 13.9. The number of allylic oxidation sites excluding steroid dienone is 4. The van der Waals surface area contributed by atoms with Gasteiger partial charge in [-0.2, -0.15) is 0 Å². The lowest BCUT2D eigenvalue weighted by Gasteiger charge is -2.34. The Morgan fingerprint density at radius 3 is 1.39 bits per heavy atom. The van der Waals surface area contributed by atoms with Crippen molar-refractivity contribution in [1.29, 1.82) is 10.8 Å². The molecule has 0 radical (unpaired) electrons. The van der Waals surface area contributed by atoms with E-state index in [1.165, 1.54) is 18.2 Å². The van der Waals surface area contributed by atoms with Crippen LogP contribution in [0.1, 0.15) is 54.8 Å². The summed E-state index contributed by atoms with van der Waals surface area (Å²) >= 11 is 0. The number of piperazine rings is 1. The van der Waals surface area contributed by atoms with Crippen LogP contribution in [0.4, 0.5) is 11.9 Å². The Morgan fingerprint density at radius 2 is 0.932 bits per heavy atom. The standard InChI is InChI=1S/C69H102N16O18/c1-5-74-56(44-50(3)70)66(91)79-68-77-54-46-52(64(72)89)10-11-58(54)83(68)16-7-8-17-84-63-55(78-69(84)80-67(92)57(75-6-2)45-51(4)71)47-53(65(73)90)48-59(63)103-23-9-15-81-18-20-82(21-19-81)22-25-94-27-29-96-31-33-98-35-37-100-39-41-102-43-42-101-40-38-99-36-34-97-32-30-95-28-26-93-24-14-76-60(86)49-85-61(87)12-13-62(85)88/h7-8,10-13,44-48,70-71,74-75H,5-6,9,14-43,49H2,1-4H3,(H2,72,89)(H2,73,90)(H,76,86)(H,77,79,91)(H,78,80,92)/b8-7+,56-44-,57-45-,70-50?,71-51?. The predicted octanol–water partition coefficient (Wildman–Crippen LogP) is 1.38. The number of nitrogens with zero attached hydrogens (tertiary/aromatic N) is 7. The van der Waals surface area contributed by atoms with Crippen molar-refractivity contribution in [2.45, 2.75) is 47.2 Å². The lowest BCUT2D eigenvalue weighted by atomic mass is 10.1. The average molecular weight is 1440 g/mol. The molecule has 4 heterocycles. The van der Waals surface area contributed by atoms with Gasteiger partial charge in [-0.1, -0.05) is 12.2 Å². The molecular weight excluding hydrogens is 1340 g/mol. The van der Waals surface area contributed by atoms with E-state index in [9.17, 15) is 33.6 Å². The van der Waals surface area contributed by atoms with Crippen LogP contribution in [0.2, 0.25) is 0 Å². The van der Waals surface area contributed by atoms with Crippen molar-refractivity contribution in [1.82, 2.24) is 49.8 Å². The highest BCUT2D eigenvalue weighted by Crippen LogP contribution is 2.32. The number of imidazole rings is 2. The van der Waals surface area contributed by atoms with Crippen molar-refractivity contribution >= 4 is 86.7 Å². The van der Waals surface area contributed by atoms with E-state index in [-0.39, 0.29) is 85.2 Å². The monoisotopic (exact) mass is 1440 g/mol. The molecule has 2 aromatic carbocycles. The molecule has 2 aliphatic rings. The Kier molecular flexibility index (Phi) is 38.2. The fraction of sp³-hybridized carbons (Fsp3) is 0.551. The number of nitrogens with two attached hydrogens (primary N) is 2. The first kappa shape index (κ1) is 83.0. The fourth-order valence-electron chi connectivity index (χ4n) is 10.3. The number of hydrogen-bond acceptors (Lipinski definition) is 26. The number of rotatable bonds is 56. The second-order valence-electron chi connectivity index (χ2n) is 23.2. The molecule has 2 aromatic heterocycles. The Morgan fingerprint density at radius 1 is 0.515 bits per heavy atom. The van der Waals surface area contributed by atoms with Crippen LogP contribution in [-0.2, 0) is 84.4 Å². The molecule has 2 aliphatic heterocycles. The van der Waals surface area contributed by atoms with Crippen LogP contribution in [0.15, 0.2) is 78.2 Å². The van der Waals surface area contributed by atoms with Crippen molar-refractivity contribution in [3.63, 3.8) is 0 Å². The van der Waals surface area contributed by atoms with Gasteiger partial charge in [-0.25, -0.2) is 9.97 Å². The third-order valence-corrected chi connectivity index (χ3v) is 15.3. The van der Waals surface area contributed by atoms with E-state index in [0.29, 0.717) is 173 Å². The number of carbonyl (C=O) groups is 7. The maximum atomic E-state index is 13.9. The summed E-state index contributed by atoms with van der Waals surface area (Å²) in [6, 6.07) is 7.91. The number of primary amides is 2. The third kappa shape index (κ3) is 30.5. The predicted molar refractivity (Wildman–Crippen MR) is 383 cm³/mol. The molecule has 0 spiro atoms. The number of imide groups is 1. The minimum atomic E-state index is -0.694. The number of amides is 7. The fourth-order valence-corrected chi connectivity index (χ4v) is 10.3. The highest BCUT2D eigenvalue weighted by atomic mass is 16.6. The van der Waals surface area contributed by atoms with Crippen LogP contribution < -0.4 is 42.8 Å². The number of fused-ring (bicyclic) bond motifs is 2. The summed E-state index contributed by atoms with van der Waals surface area (Å²) in [6.07, 6.45) is 9.42. The summed E-state index contributed by atoms with van der Waals surface area (Å²) in [7, 11) is 0. The molecule has 7 amide bonds. The smallest absolute Gasteiger partial charge is 0.274 e. The number of likely N-dealkylation sites (N-methyl/N-ethyl adjacent to an activating group) is 2. The Bertz CT molecular complexity index is 3510. The Labute approximate surface area is 599 Å². The number of nitrogens with one attached hydrogen (secondary N) is 7. The summed E-state index contributed by atoms with van der Waals surface area (Å²) in [5.41, 5.74) is 14.3. The minimum absolute atomic E-state index is 0.123. The molecule has 34 heteroatoms. The van der Waals surface area contributed by atoms with Gasteiger partial charge in [0.05, 0.1) is 155 Å². The molecule has 11 N–H and O–H groups in total. The molecule has 4 aromatic rings. The van der Waals surface area contributed by atoms with Crippen molar-refractivity contribution < 1.29 is 85.7 Å². The second kappa shape index (κ2) is 47.4. The molecule has 34 nitrogen and oxygen atoms in total. The van der Waals surface area contributed by atoms with E-state index >= 15 is 0 Å². The molecule has 103 heavy (non-hydrogen) atoms. The summed E-state index contributed by atoms with van der Waals surface area (Å²) in [5.74, 6) is -3.24. The van der Waals surface area contributed by atoms with Crippen molar-refractivity contribution in [3.05, 3.63) is 89.3 Å². The number of benzene rings is 2. The van der Waals surface area contributed by atoms with E-state index < -0.39 is 41.4 Å². The van der Waals surface area contributed by atoms with Gasteiger partial charge in [-0.05, 0) is 76.6 Å². The normalized spacial score (nSPS) is 13.8. The van der Waals surface area contributed by atoms with Gasteiger partial charge in [-0.3, -0.25) is 54.0 Å². The summed E-state index contributed by atoms with van der Waals surface area (Å²) < 4.78 is 65.6. The number of ether oxygens (including phenoxy) is 11. The van der Waals surface area contributed by atoms with Crippen molar-refractivity contribution in [2.75, 3.05) is 215 Å². The van der Waals surface area contributed by atoms with Gasteiger partial charge < -0.3 is 104 Å². The van der Waals surface area contributed by atoms with Crippen molar-refractivity contribution in [2.24, 2.45) is 11.5 Å². The SMILES string of the molecule is CCN/C(=C\C(C)=N)C(=O)Nc1nc2cc(C(N)=O)ccc2n1C/C=C/Cn1c(NC(=O)/C(=C/C(C)=N)NCC)nc2cc(C(N)=O)cc(OCCCN3CCN(CCOCCOCCOCCOCCOCCOCCOCCOCCOCCOCCNC(=O)CN4C(=O)C=CC4=O)CC3)c21. The molecule has 0 aliphatic carbocycles. The first-order valence-electron chi connectivity index (χ1n) is 34.5. The Hall–Kier alpha value is -8.91. The molecule has 0 saturated carbocycles.